The smallest absolute Gasteiger partial charge is 0.351 e. The van der Waals surface area contributed by atoms with Gasteiger partial charge in [-0.05, 0) is 6.07 Å². The first-order valence-corrected chi connectivity index (χ1v) is 8.05. The maximum Gasteiger partial charge on any atom is 0.351 e. The maximum absolute atomic E-state index is 14.5. The Labute approximate surface area is 146 Å². The molecule has 1 saturated heterocycles. The fourth-order valence-corrected chi connectivity index (χ4v) is 3.46. The number of halogens is 2. The third kappa shape index (κ3) is 2.59. The molecule has 0 unspecified atom stereocenters. The Bertz CT molecular complexity index is 898. The quantitative estimate of drug-likeness (QED) is 0.749. The van der Waals surface area contributed by atoms with E-state index in [1.54, 1.807) is 10.9 Å². The van der Waals surface area contributed by atoms with Crippen LogP contribution < -0.4 is 11.4 Å². The van der Waals surface area contributed by atoms with Gasteiger partial charge in [0.2, 0.25) is 6.23 Å². The van der Waals surface area contributed by atoms with Crippen LogP contribution in [0, 0.1) is 0 Å². The minimum Gasteiger partial charge on any atom is -0.384 e. The van der Waals surface area contributed by atoms with Crippen LogP contribution in [0.25, 0.3) is 0 Å². The second kappa shape index (κ2) is 5.83. The lowest BCUT2D eigenvalue weighted by Gasteiger charge is -2.22. The molecule has 0 amide bonds. The molecule has 3 N–H and O–H groups in total. The summed E-state index contributed by atoms with van der Waals surface area (Å²) in [5, 5.41) is 14.2. The van der Waals surface area contributed by atoms with Crippen molar-refractivity contribution < 1.29 is 18.6 Å². The van der Waals surface area contributed by atoms with Gasteiger partial charge in [-0.1, -0.05) is 0 Å². The number of hydrogen-bond donors (Lipinski definition) is 2. The van der Waals surface area contributed by atoms with E-state index in [1.807, 2.05) is 11.9 Å². The van der Waals surface area contributed by atoms with Gasteiger partial charge >= 0.3 is 11.6 Å². The lowest BCUT2D eigenvalue weighted by molar-refractivity contribution is -0.140. The van der Waals surface area contributed by atoms with E-state index in [2.05, 4.69) is 10.1 Å². The summed E-state index contributed by atoms with van der Waals surface area (Å²) in [4.78, 5) is 17.2. The van der Waals surface area contributed by atoms with Gasteiger partial charge in [-0.3, -0.25) is 14.1 Å². The van der Waals surface area contributed by atoms with E-state index in [4.69, 9.17) is 10.5 Å². The third-order valence-electron chi connectivity index (χ3n) is 4.84. The van der Waals surface area contributed by atoms with Crippen LogP contribution in [-0.2, 0) is 24.9 Å². The van der Waals surface area contributed by atoms with Crippen LogP contribution in [0.2, 0.25) is 0 Å². The highest BCUT2D eigenvalue weighted by atomic mass is 19.3. The number of alkyl halides is 2. The van der Waals surface area contributed by atoms with E-state index in [-0.39, 0.29) is 12.4 Å². The third-order valence-corrected chi connectivity index (χ3v) is 4.84. The Kier molecular flexibility index (Phi) is 3.82. The van der Waals surface area contributed by atoms with Crippen molar-refractivity contribution in [1.82, 2.24) is 24.2 Å². The van der Waals surface area contributed by atoms with E-state index in [9.17, 15) is 18.7 Å². The van der Waals surface area contributed by atoms with Crippen LogP contribution in [0.5, 0.6) is 0 Å². The molecule has 11 heteroatoms. The summed E-state index contributed by atoms with van der Waals surface area (Å²) in [5.74, 6) is -3.71. The summed E-state index contributed by atoms with van der Waals surface area (Å²) >= 11 is 0. The molecule has 0 saturated carbocycles. The highest BCUT2D eigenvalue weighted by Crippen LogP contribution is 2.42. The molecule has 0 spiro atoms. The van der Waals surface area contributed by atoms with Crippen molar-refractivity contribution in [2.75, 3.05) is 12.3 Å². The van der Waals surface area contributed by atoms with Crippen LogP contribution in [-0.4, -0.2) is 54.0 Å². The molecule has 2 aliphatic rings. The van der Waals surface area contributed by atoms with Gasteiger partial charge in [0, 0.05) is 38.4 Å². The zero-order valence-corrected chi connectivity index (χ0v) is 13.9. The molecule has 2 aromatic rings. The molecule has 2 aliphatic heterocycles. The number of nitrogens with zero attached hydrogens (tertiary/aromatic N) is 5. The van der Waals surface area contributed by atoms with Crippen molar-refractivity contribution in [2.45, 2.75) is 37.4 Å². The number of ether oxygens (including phenoxy) is 1. The Morgan fingerprint density at radius 1 is 1.46 bits per heavy atom. The second-order valence-electron chi connectivity index (χ2n) is 6.60. The SMILES string of the molecule is Cn1ncc2c1CN(C[C@H]1O[C@@H](n3ccc(N)nc3=O)C(F)(F)[C@@H]1O)C2. The molecule has 0 aliphatic carbocycles. The number of aryl methyl sites for hydroxylation is 1. The van der Waals surface area contributed by atoms with E-state index in [1.165, 1.54) is 6.07 Å². The number of aliphatic hydroxyl groups excluding tert-OH is 1. The second-order valence-corrected chi connectivity index (χ2v) is 6.60. The van der Waals surface area contributed by atoms with E-state index in [0.29, 0.717) is 17.7 Å². The number of hydrogen-bond acceptors (Lipinski definition) is 7. The molecule has 26 heavy (non-hydrogen) atoms. The van der Waals surface area contributed by atoms with Crippen LogP contribution in [0.4, 0.5) is 14.6 Å². The zero-order chi connectivity index (χ0) is 18.6. The number of anilines is 1. The molecular weight excluding hydrogens is 350 g/mol. The topological polar surface area (TPSA) is 111 Å². The molecule has 0 radical (unpaired) electrons. The van der Waals surface area contributed by atoms with E-state index < -0.39 is 30.0 Å². The lowest BCUT2D eigenvalue weighted by atomic mass is 10.1. The number of nitrogens with two attached hydrogens (primary N) is 1. The van der Waals surface area contributed by atoms with Crippen molar-refractivity contribution in [1.29, 1.82) is 0 Å². The number of aromatic nitrogens is 4. The first-order valence-electron chi connectivity index (χ1n) is 8.05. The van der Waals surface area contributed by atoms with Crippen LogP contribution in [0.15, 0.2) is 23.3 Å². The van der Waals surface area contributed by atoms with Crippen molar-refractivity contribution >= 4 is 5.82 Å². The normalized spacial score (nSPS) is 27.8. The fourth-order valence-electron chi connectivity index (χ4n) is 3.46. The minimum atomic E-state index is -3.64. The summed E-state index contributed by atoms with van der Waals surface area (Å²) < 4.78 is 36.8. The van der Waals surface area contributed by atoms with Gasteiger partial charge in [-0.2, -0.15) is 18.9 Å². The van der Waals surface area contributed by atoms with Gasteiger partial charge in [0.1, 0.15) is 18.0 Å². The Hall–Kier alpha value is -2.37. The fraction of sp³-hybridized carbons (Fsp3) is 0.533. The zero-order valence-electron chi connectivity index (χ0n) is 13.9. The Balaban J connectivity index is 1.53. The van der Waals surface area contributed by atoms with Gasteiger partial charge in [0.15, 0.2) is 0 Å². The summed E-state index contributed by atoms with van der Waals surface area (Å²) in [5.41, 5.74) is 6.44. The first-order chi connectivity index (χ1) is 12.3. The summed E-state index contributed by atoms with van der Waals surface area (Å²) in [7, 11) is 1.81. The average molecular weight is 368 g/mol. The van der Waals surface area contributed by atoms with Gasteiger partial charge in [-0.15, -0.1) is 0 Å². The monoisotopic (exact) mass is 368 g/mol. The van der Waals surface area contributed by atoms with E-state index in [0.717, 1.165) is 17.5 Å². The molecule has 0 bridgehead atoms. The summed E-state index contributed by atoms with van der Waals surface area (Å²) in [6, 6.07) is 1.23. The lowest BCUT2D eigenvalue weighted by Crippen LogP contribution is -2.43. The molecule has 4 heterocycles. The van der Waals surface area contributed by atoms with Crippen LogP contribution in [0.3, 0.4) is 0 Å². The average Bonchev–Trinajstić information content (AvgIpc) is 3.18. The highest BCUT2D eigenvalue weighted by Gasteiger charge is 2.59. The number of aliphatic hydroxyl groups is 1. The number of nitrogen functional groups attached to an aromatic ring is 1. The first kappa shape index (κ1) is 17.1. The van der Waals surface area contributed by atoms with Crippen molar-refractivity contribution in [3.8, 4) is 0 Å². The van der Waals surface area contributed by atoms with Gasteiger partial charge in [-0.25, -0.2) is 4.79 Å². The van der Waals surface area contributed by atoms with E-state index >= 15 is 0 Å². The van der Waals surface area contributed by atoms with Crippen molar-refractivity contribution in [2.24, 2.45) is 7.05 Å². The van der Waals surface area contributed by atoms with Gasteiger partial charge in [0.05, 0.1) is 11.9 Å². The molecule has 1 fully saturated rings. The predicted molar refractivity (Wildman–Crippen MR) is 85.1 cm³/mol. The van der Waals surface area contributed by atoms with Crippen LogP contribution in [0.1, 0.15) is 17.5 Å². The standard InChI is InChI=1S/C15H18F2N6O3/c1-21-9-6-22(5-8(9)4-19-21)7-10-12(24)15(16,17)13(26-10)23-3-2-11(18)20-14(23)25/h2-4,10,12-13,24H,5-7H2,1H3,(H2,18,20,25)/t10-,12-,13-/m1/s1. The Morgan fingerprint density at radius 3 is 2.92 bits per heavy atom. The molecule has 2 aromatic heterocycles. The highest BCUT2D eigenvalue weighted by molar-refractivity contribution is 5.24. The maximum atomic E-state index is 14.5. The molecule has 9 nitrogen and oxygen atoms in total. The number of rotatable bonds is 3. The van der Waals surface area contributed by atoms with Crippen LogP contribution >= 0.6 is 0 Å². The van der Waals surface area contributed by atoms with Crippen molar-refractivity contribution in [3.05, 3.63) is 40.2 Å². The van der Waals surface area contributed by atoms with Gasteiger partial charge < -0.3 is 15.6 Å². The molecule has 0 aromatic carbocycles. The molecule has 4 rings (SSSR count). The largest absolute Gasteiger partial charge is 0.384 e. The minimum absolute atomic E-state index is 0.0758. The van der Waals surface area contributed by atoms with Crippen molar-refractivity contribution in [3.63, 3.8) is 0 Å². The number of fused-ring (bicyclic) bond motifs is 1. The molecule has 3 atom stereocenters. The predicted octanol–water partition coefficient (Wildman–Crippen LogP) is -0.532. The molecule has 140 valence electrons. The Morgan fingerprint density at radius 2 is 2.23 bits per heavy atom. The summed E-state index contributed by atoms with van der Waals surface area (Å²) in [6.07, 6.45) is -2.30. The van der Waals surface area contributed by atoms with Gasteiger partial charge in [0.25, 0.3) is 0 Å². The summed E-state index contributed by atoms with van der Waals surface area (Å²) in [6.45, 7) is 1.16. The molecular formula is C15H18F2N6O3.